The Bertz CT molecular complexity index is 760. The van der Waals surface area contributed by atoms with Gasteiger partial charge in [0.25, 0.3) is 0 Å². The van der Waals surface area contributed by atoms with Gasteiger partial charge >= 0.3 is 12.1 Å². The monoisotopic (exact) mass is 426 g/mol. The molecule has 0 saturated carbocycles. The minimum absolute atomic E-state index is 0.158. The third-order valence-electron chi connectivity index (χ3n) is 4.83. The fourth-order valence-electron chi connectivity index (χ4n) is 3.30. The van der Waals surface area contributed by atoms with Crippen LogP contribution in [-0.2, 0) is 21.4 Å². The molecule has 1 saturated heterocycles. The molecule has 1 atom stereocenters. The Balaban J connectivity index is 0.000000345. The van der Waals surface area contributed by atoms with Crippen LogP contribution >= 0.6 is 0 Å². The molecule has 0 amide bonds. The SMILES string of the molecule is CCS(=O)(=O)N1Cc2ccnn2C(CCN2CCCC2)C1.O=C(O)C(F)(F)F. The van der Waals surface area contributed by atoms with Gasteiger partial charge in [-0.3, -0.25) is 4.68 Å². The van der Waals surface area contributed by atoms with Crippen molar-refractivity contribution in [3.05, 3.63) is 18.0 Å². The van der Waals surface area contributed by atoms with Crippen molar-refractivity contribution in [1.29, 1.82) is 0 Å². The van der Waals surface area contributed by atoms with Crippen LogP contribution < -0.4 is 0 Å². The maximum absolute atomic E-state index is 12.2. The Labute approximate surface area is 162 Å². The number of sulfonamides is 1. The summed E-state index contributed by atoms with van der Waals surface area (Å²) in [7, 11) is -3.13. The molecular formula is C16H25F3N4O4S. The molecule has 12 heteroatoms. The largest absolute Gasteiger partial charge is 0.490 e. The highest BCUT2D eigenvalue weighted by Gasteiger charge is 2.38. The van der Waals surface area contributed by atoms with Crippen LogP contribution in [0, 0.1) is 0 Å². The molecule has 0 aliphatic carbocycles. The molecule has 1 aromatic rings. The van der Waals surface area contributed by atoms with Gasteiger partial charge in [-0.15, -0.1) is 0 Å². The van der Waals surface area contributed by atoms with Crippen molar-refractivity contribution in [3.8, 4) is 0 Å². The third-order valence-corrected chi connectivity index (χ3v) is 6.62. The molecule has 3 rings (SSSR count). The smallest absolute Gasteiger partial charge is 0.475 e. The third kappa shape index (κ3) is 5.92. The highest BCUT2D eigenvalue weighted by Crippen LogP contribution is 2.26. The van der Waals surface area contributed by atoms with Crippen LogP contribution in [0.1, 0.15) is 37.9 Å². The number of halogens is 3. The molecule has 1 N–H and O–H groups in total. The van der Waals surface area contributed by atoms with Crippen molar-refractivity contribution >= 4 is 16.0 Å². The second kappa shape index (κ2) is 9.23. The minimum atomic E-state index is -5.08. The molecule has 0 aromatic carbocycles. The topological polar surface area (TPSA) is 95.7 Å². The summed E-state index contributed by atoms with van der Waals surface area (Å²) in [4.78, 5) is 11.4. The van der Waals surface area contributed by atoms with Crippen molar-refractivity contribution in [2.75, 3.05) is 31.9 Å². The number of aromatic nitrogens is 2. The average Bonchev–Trinajstić information content (AvgIpc) is 3.30. The molecule has 1 aromatic heterocycles. The summed E-state index contributed by atoms with van der Waals surface area (Å²) in [5.41, 5.74) is 1.00. The highest BCUT2D eigenvalue weighted by atomic mass is 32.2. The van der Waals surface area contributed by atoms with E-state index in [0.29, 0.717) is 13.1 Å². The first-order valence-corrected chi connectivity index (χ1v) is 10.7. The predicted octanol–water partition coefficient (Wildman–Crippen LogP) is 1.71. The number of carboxylic acids is 1. The molecule has 2 aliphatic heterocycles. The van der Waals surface area contributed by atoms with Crippen molar-refractivity contribution in [2.24, 2.45) is 0 Å². The van der Waals surface area contributed by atoms with Gasteiger partial charge in [0.05, 0.1) is 24.0 Å². The molecular weight excluding hydrogens is 401 g/mol. The van der Waals surface area contributed by atoms with Crippen LogP contribution in [0.25, 0.3) is 0 Å². The van der Waals surface area contributed by atoms with E-state index in [4.69, 9.17) is 9.90 Å². The number of likely N-dealkylation sites (tertiary alicyclic amines) is 1. The number of hydrogen-bond acceptors (Lipinski definition) is 5. The molecule has 0 bridgehead atoms. The number of nitrogens with zero attached hydrogens (tertiary/aromatic N) is 4. The molecule has 0 spiro atoms. The zero-order valence-electron chi connectivity index (χ0n) is 15.6. The Morgan fingerprint density at radius 2 is 1.93 bits per heavy atom. The van der Waals surface area contributed by atoms with Crippen molar-refractivity contribution in [3.63, 3.8) is 0 Å². The van der Waals surface area contributed by atoms with Gasteiger partial charge in [-0.25, -0.2) is 13.2 Å². The van der Waals surface area contributed by atoms with Crippen LogP contribution in [0.4, 0.5) is 13.2 Å². The zero-order chi connectivity index (χ0) is 20.9. The molecule has 3 heterocycles. The van der Waals surface area contributed by atoms with Gasteiger partial charge in [0.2, 0.25) is 10.0 Å². The van der Waals surface area contributed by atoms with Crippen molar-refractivity contribution < 1.29 is 31.5 Å². The molecule has 1 fully saturated rings. The second-order valence-electron chi connectivity index (χ2n) is 6.75. The Hall–Kier alpha value is -1.66. The predicted molar refractivity (Wildman–Crippen MR) is 95.1 cm³/mol. The number of hydrogen-bond donors (Lipinski definition) is 1. The van der Waals surface area contributed by atoms with E-state index in [1.165, 1.54) is 25.9 Å². The first-order chi connectivity index (χ1) is 13.0. The van der Waals surface area contributed by atoms with Crippen molar-refractivity contribution in [2.45, 2.75) is 44.9 Å². The summed E-state index contributed by atoms with van der Waals surface area (Å²) in [5, 5.41) is 11.5. The summed E-state index contributed by atoms with van der Waals surface area (Å²) in [6, 6.07) is 2.09. The number of carbonyl (C=O) groups is 1. The minimum Gasteiger partial charge on any atom is -0.475 e. The summed E-state index contributed by atoms with van der Waals surface area (Å²) in [5.74, 6) is -2.59. The number of fused-ring (bicyclic) bond motifs is 1. The molecule has 8 nitrogen and oxygen atoms in total. The standard InChI is InChI=1S/C14H24N4O2S.C2HF3O2/c1-2-21(19,20)17-11-13-5-7-15-18(13)14(12-17)6-10-16-8-3-4-9-16;3-2(4,5)1(6)7/h5,7,14H,2-4,6,8-12H2,1H3;(H,6,7). The van der Waals surface area contributed by atoms with Gasteiger partial charge in [0.15, 0.2) is 0 Å². The molecule has 0 radical (unpaired) electrons. The fraction of sp³-hybridized carbons (Fsp3) is 0.750. The van der Waals surface area contributed by atoms with Gasteiger partial charge in [0.1, 0.15) is 0 Å². The van der Waals surface area contributed by atoms with Gasteiger partial charge in [-0.2, -0.15) is 22.6 Å². The molecule has 1 unspecified atom stereocenters. The fourth-order valence-corrected chi connectivity index (χ4v) is 4.39. The Morgan fingerprint density at radius 3 is 2.46 bits per heavy atom. The highest BCUT2D eigenvalue weighted by molar-refractivity contribution is 7.89. The number of rotatable bonds is 5. The van der Waals surface area contributed by atoms with E-state index in [-0.39, 0.29) is 11.8 Å². The lowest BCUT2D eigenvalue weighted by Gasteiger charge is -2.33. The van der Waals surface area contributed by atoms with Crippen molar-refractivity contribution in [1.82, 2.24) is 19.0 Å². The first-order valence-electron chi connectivity index (χ1n) is 9.07. The number of alkyl halides is 3. The Kier molecular flexibility index (Phi) is 7.46. The quantitative estimate of drug-likeness (QED) is 0.770. The van der Waals surface area contributed by atoms with Crippen LogP contribution in [-0.4, -0.2) is 76.6 Å². The first kappa shape index (κ1) is 22.6. The van der Waals surface area contributed by atoms with E-state index in [2.05, 4.69) is 10.00 Å². The summed E-state index contributed by atoms with van der Waals surface area (Å²) in [6.07, 6.45) is 0.229. The lowest BCUT2D eigenvalue weighted by Crippen LogP contribution is -2.42. The van der Waals surface area contributed by atoms with Gasteiger partial charge in [0, 0.05) is 19.3 Å². The molecule has 28 heavy (non-hydrogen) atoms. The van der Waals surface area contributed by atoms with Crippen LogP contribution in [0.5, 0.6) is 0 Å². The maximum Gasteiger partial charge on any atom is 0.490 e. The van der Waals surface area contributed by atoms with Gasteiger partial charge < -0.3 is 10.0 Å². The van der Waals surface area contributed by atoms with Gasteiger partial charge in [-0.05, 0) is 45.3 Å². The summed E-state index contributed by atoms with van der Waals surface area (Å²) < 4.78 is 59.7. The van der Waals surface area contributed by atoms with Crippen LogP contribution in [0.15, 0.2) is 12.3 Å². The van der Waals surface area contributed by atoms with E-state index in [9.17, 15) is 21.6 Å². The molecule has 160 valence electrons. The maximum atomic E-state index is 12.2. The zero-order valence-corrected chi connectivity index (χ0v) is 16.4. The second-order valence-corrected chi connectivity index (χ2v) is 9.01. The lowest BCUT2D eigenvalue weighted by molar-refractivity contribution is -0.192. The van der Waals surface area contributed by atoms with Crippen LogP contribution in [0.2, 0.25) is 0 Å². The van der Waals surface area contributed by atoms with Crippen LogP contribution in [0.3, 0.4) is 0 Å². The summed E-state index contributed by atoms with van der Waals surface area (Å²) in [6.45, 7) is 6.10. The van der Waals surface area contributed by atoms with E-state index in [1.54, 1.807) is 17.4 Å². The Morgan fingerprint density at radius 1 is 1.32 bits per heavy atom. The summed E-state index contributed by atoms with van der Waals surface area (Å²) >= 11 is 0. The number of carboxylic acid groups (broad SMARTS) is 1. The number of aliphatic carboxylic acids is 1. The normalized spacial score (nSPS) is 21.1. The van der Waals surface area contributed by atoms with E-state index >= 15 is 0 Å². The lowest BCUT2D eigenvalue weighted by atomic mass is 10.1. The van der Waals surface area contributed by atoms with E-state index in [0.717, 1.165) is 18.7 Å². The molecule has 2 aliphatic rings. The van der Waals surface area contributed by atoms with Gasteiger partial charge in [-0.1, -0.05) is 0 Å². The van der Waals surface area contributed by atoms with E-state index in [1.807, 2.05) is 10.7 Å². The van der Waals surface area contributed by atoms with E-state index < -0.39 is 22.2 Å². The average molecular weight is 426 g/mol.